The maximum absolute atomic E-state index is 13.9. The Balaban J connectivity index is 1.11. The summed E-state index contributed by atoms with van der Waals surface area (Å²) in [6, 6.07) is 13.0. The van der Waals surface area contributed by atoms with E-state index in [1.807, 2.05) is 53.9 Å². The number of amides is 2. The summed E-state index contributed by atoms with van der Waals surface area (Å²) < 4.78 is 54.0. The van der Waals surface area contributed by atoms with E-state index in [-0.39, 0.29) is 41.9 Å². The molecule has 3 aromatic rings. The van der Waals surface area contributed by atoms with Gasteiger partial charge in [0.1, 0.15) is 13.2 Å². The number of allylic oxidation sites excluding steroid dienone is 2. The van der Waals surface area contributed by atoms with E-state index in [2.05, 4.69) is 61.2 Å². The first kappa shape index (κ1) is 57.2. The monoisotopic (exact) mass is 1050 g/mol. The van der Waals surface area contributed by atoms with Crippen LogP contribution in [0.15, 0.2) is 75.7 Å². The second kappa shape index (κ2) is 28.1. The van der Waals surface area contributed by atoms with Gasteiger partial charge in [-0.2, -0.15) is 11.8 Å². The second-order valence-electron chi connectivity index (χ2n) is 19.6. The van der Waals surface area contributed by atoms with Crippen LogP contribution in [0.4, 0.5) is 17.1 Å². The fourth-order valence-corrected chi connectivity index (χ4v) is 9.81. The molecule has 3 aromatic carbocycles. The van der Waals surface area contributed by atoms with Crippen molar-refractivity contribution in [3.8, 4) is 23.0 Å². The van der Waals surface area contributed by atoms with Gasteiger partial charge < -0.3 is 62.2 Å². The summed E-state index contributed by atoms with van der Waals surface area (Å²) in [7, 11) is 6.91. The zero-order chi connectivity index (χ0) is 53.3. The van der Waals surface area contributed by atoms with Gasteiger partial charge in [-0.1, -0.05) is 23.3 Å². The molecule has 17 nitrogen and oxygen atoms in total. The molecule has 4 aliphatic heterocycles. The van der Waals surface area contributed by atoms with Crippen LogP contribution in [0.5, 0.6) is 23.0 Å². The molecule has 4 aliphatic rings. The van der Waals surface area contributed by atoms with Crippen molar-refractivity contribution in [2.75, 3.05) is 138 Å². The van der Waals surface area contributed by atoms with Crippen LogP contribution in [0.3, 0.4) is 0 Å². The fourth-order valence-electron chi connectivity index (χ4n) is 9.46. The standard InChI is InChI=1S/C57H78N6O11S/c1-10-40-25-45-33-58-49-31-53(51(67-7)29-47(49)55(64)62(45)35-40)73-37-42-24-43(38-74-54-32-50-48(30-52(54)68-8)56(65)63-36-41(11-2)26-46(63)34-59-50)28-44(27-42)61(14-17-71-22-23-72-19-18-66-6)13-16-70-21-20-69-15-12-60(5)39-57(3,4)75-9/h10-11,24,27-34,45-46H,12-23,25-26,35-39H2,1-9H3/b40-10+,41-11+/t45-,46-/m0/s1. The van der Waals surface area contributed by atoms with Crippen molar-refractivity contribution >= 4 is 53.1 Å². The Kier molecular flexibility index (Phi) is 21.4. The topological polar surface area (TPSA) is 155 Å². The third kappa shape index (κ3) is 15.6. The van der Waals surface area contributed by atoms with Gasteiger partial charge in [0.15, 0.2) is 23.0 Å². The van der Waals surface area contributed by atoms with Gasteiger partial charge in [-0.15, -0.1) is 0 Å². The summed E-state index contributed by atoms with van der Waals surface area (Å²) in [4.78, 5) is 45.6. The van der Waals surface area contributed by atoms with E-state index in [1.165, 1.54) is 11.1 Å². The molecular weight excluding hydrogens is 977 g/mol. The summed E-state index contributed by atoms with van der Waals surface area (Å²) in [5, 5.41) is 0. The van der Waals surface area contributed by atoms with Crippen molar-refractivity contribution < 1.29 is 52.2 Å². The quantitative estimate of drug-likeness (QED) is 0.0465. The molecule has 408 valence electrons. The van der Waals surface area contributed by atoms with Crippen molar-refractivity contribution in [2.45, 2.75) is 70.6 Å². The molecule has 4 heterocycles. The summed E-state index contributed by atoms with van der Waals surface area (Å²) in [5.74, 6) is 1.59. The number of likely N-dealkylation sites (N-methyl/N-ethyl adjacent to an activating group) is 1. The second-order valence-corrected chi connectivity index (χ2v) is 21.1. The van der Waals surface area contributed by atoms with Gasteiger partial charge in [-0.05, 0) is 95.3 Å². The SMILES string of the molecule is C/C=C1\C[C@H]2C=Nc3cc(OCc4cc(COc5cc6c(cc5OC)C(=O)N5C/C(=C/C)C[C@H]5C=N6)cc(N(CCOCCOCCOC)CCOCCOCCN(C)CC(C)(C)SC)c4)c(OC)cc3C(=O)N2C1. The van der Waals surface area contributed by atoms with Crippen LogP contribution in [0, 0.1) is 0 Å². The van der Waals surface area contributed by atoms with Gasteiger partial charge in [0.05, 0.1) is 108 Å². The molecule has 75 heavy (non-hydrogen) atoms. The highest BCUT2D eigenvalue weighted by Gasteiger charge is 2.36. The molecule has 2 atom stereocenters. The number of aliphatic imine (C=N–C) groups is 2. The fraction of sp³-hybridized carbons (Fsp3) is 0.544. The summed E-state index contributed by atoms with van der Waals surface area (Å²) in [6.45, 7) is 17.2. The molecule has 18 heteroatoms. The van der Waals surface area contributed by atoms with Gasteiger partial charge in [-0.3, -0.25) is 19.6 Å². The lowest BCUT2D eigenvalue weighted by Crippen LogP contribution is -2.35. The van der Waals surface area contributed by atoms with Crippen LogP contribution in [-0.4, -0.2) is 189 Å². The van der Waals surface area contributed by atoms with Crippen molar-refractivity contribution in [2.24, 2.45) is 9.98 Å². The Morgan fingerprint density at radius 1 is 0.627 bits per heavy atom. The van der Waals surface area contributed by atoms with Crippen LogP contribution < -0.4 is 23.8 Å². The number of hydrogen-bond acceptors (Lipinski definition) is 16. The Morgan fingerprint density at radius 2 is 1.08 bits per heavy atom. The molecule has 2 amide bonds. The number of rotatable bonds is 30. The molecule has 2 fully saturated rings. The maximum Gasteiger partial charge on any atom is 0.257 e. The number of benzene rings is 3. The number of anilines is 1. The highest BCUT2D eigenvalue weighted by atomic mass is 32.2. The lowest BCUT2D eigenvalue weighted by atomic mass is 10.1. The average Bonchev–Trinajstić information content (AvgIpc) is 3.99. The van der Waals surface area contributed by atoms with Crippen LogP contribution in [0.1, 0.15) is 72.4 Å². The van der Waals surface area contributed by atoms with Gasteiger partial charge in [0.25, 0.3) is 11.8 Å². The molecule has 0 N–H and O–H groups in total. The first-order valence-corrected chi connectivity index (χ1v) is 27.2. The van der Waals surface area contributed by atoms with E-state index >= 15 is 0 Å². The molecule has 0 radical (unpaired) electrons. The summed E-state index contributed by atoms with van der Waals surface area (Å²) >= 11 is 1.86. The van der Waals surface area contributed by atoms with Crippen molar-refractivity contribution in [1.82, 2.24) is 14.7 Å². The molecule has 0 spiro atoms. The Bertz CT molecular complexity index is 2400. The van der Waals surface area contributed by atoms with E-state index in [4.69, 9.17) is 52.6 Å². The zero-order valence-electron chi connectivity index (χ0n) is 45.5. The molecule has 0 saturated carbocycles. The minimum atomic E-state index is -0.110. The van der Waals surface area contributed by atoms with E-state index in [0.29, 0.717) is 131 Å². The molecule has 0 aliphatic carbocycles. The van der Waals surface area contributed by atoms with Gasteiger partial charge in [0, 0.05) is 81.4 Å². The predicted molar refractivity (Wildman–Crippen MR) is 296 cm³/mol. The lowest BCUT2D eigenvalue weighted by molar-refractivity contribution is 0.0257. The normalized spacial score (nSPS) is 18.1. The average molecular weight is 1060 g/mol. The predicted octanol–water partition coefficient (Wildman–Crippen LogP) is 8.21. The van der Waals surface area contributed by atoms with Crippen LogP contribution in [0.25, 0.3) is 0 Å². The zero-order valence-corrected chi connectivity index (χ0v) is 46.3. The Hall–Kier alpha value is -5.47. The largest absolute Gasteiger partial charge is 0.493 e. The van der Waals surface area contributed by atoms with Crippen LogP contribution in [-0.2, 0) is 36.9 Å². The number of thioether (sulfide) groups is 1. The van der Waals surface area contributed by atoms with Crippen molar-refractivity contribution in [3.05, 3.63) is 88.0 Å². The first-order chi connectivity index (χ1) is 36.4. The maximum atomic E-state index is 13.9. The molecule has 2 saturated heterocycles. The molecule has 0 unspecified atom stereocenters. The number of carbonyl (C=O) groups is 2. The minimum Gasteiger partial charge on any atom is -0.493 e. The highest BCUT2D eigenvalue weighted by Crippen LogP contribution is 2.41. The lowest BCUT2D eigenvalue weighted by Gasteiger charge is -2.28. The van der Waals surface area contributed by atoms with E-state index < -0.39 is 0 Å². The van der Waals surface area contributed by atoms with Gasteiger partial charge in [0.2, 0.25) is 0 Å². The number of fused-ring (bicyclic) bond motifs is 4. The summed E-state index contributed by atoms with van der Waals surface area (Å²) in [6.07, 6.45) is 11.5. The van der Waals surface area contributed by atoms with E-state index in [1.54, 1.807) is 45.6 Å². The number of nitrogens with zero attached hydrogens (tertiary/aromatic N) is 6. The highest BCUT2D eigenvalue weighted by molar-refractivity contribution is 7.99. The van der Waals surface area contributed by atoms with Crippen molar-refractivity contribution in [3.63, 3.8) is 0 Å². The number of carbonyl (C=O) groups excluding carboxylic acids is 2. The number of hydrogen-bond donors (Lipinski definition) is 0. The minimum absolute atomic E-state index is 0.0901. The third-order valence-corrected chi connectivity index (χ3v) is 15.1. The molecule has 0 aromatic heterocycles. The van der Waals surface area contributed by atoms with Crippen molar-refractivity contribution in [1.29, 1.82) is 0 Å². The van der Waals surface area contributed by atoms with Gasteiger partial charge in [-0.25, -0.2) is 0 Å². The molecular formula is C57H78N6O11S. The number of ether oxygens (including phenoxy) is 9. The first-order valence-electron chi connectivity index (χ1n) is 26.0. The molecule has 0 bridgehead atoms. The van der Waals surface area contributed by atoms with Crippen LogP contribution in [0.2, 0.25) is 0 Å². The third-order valence-electron chi connectivity index (χ3n) is 13.8. The Morgan fingerprint density at radius 3 is 1.52 bits per heavy atom. The number of methoxy groups -OCH3 is 3. The Labute approximate surface area is 448 Å². The smallest absolute Gasteiger partial charge is 0.257 e. The molecule has 7 rings (SSSR count). The van der Waals surface area contributed by atoms with Crippen LogP contribution >= 0.6 is 11.8 Å². The van der Waals surface area contributed by atoms with E-state index in [0.717, 1.165) is 42.7 Å². The van der Waals surface area contributed by atoms with Gasteiger partial charge >= 0.3 is 0 Å². The van der Waals surface area contributed by atoms with E-state index in [9.17, 15) is 9.59 Å². The summed E-state index contributed by atoms with van der Waals surface area (Å²) in [5.41, 5.74) is 7.02.